The number of carbonyl (C=O) groups is 1. The Morgan fingerprint density at radius 2 is 2.38 bits per heavy atom. The van der Waals surface area contributed by atoms with E-state index in [-0.39, 0.29) is 0 Å². The van der Waals surface area contributed by atoms with Crippen molar-refractivity contribution in [1.82, 2.24) is 9.78 Å². The van der Waals surface area contributed by atoms with Crippen molar-refractivity contribution in [3.8, 4) is 0 Å². The molecule has 0 bridgehead atoms. The zero-order valence-corrected chi connectivity index (χ0v) is 10.1. The minimum absolute atomic E-state index is 0.327. The average Bonchev–Trinajstić information content (AvgIpc) is 2.84. The number of ketones is 1. The van der Waals surface area contributed by atoms with Crippen LogP contribution in [0.15, 0.2) is 12.3 Å². The second-order valence-corrected chi connectivity index (χ2v) is 4.93. The molecule has 0 aliphatic heterocycles. The number of aryl methyl sites for hydroxylation is 2. The fraction of sp³-hybridized carbons (Fsp3) is 0.692. The van der Waals surface area contributed by atoms with E-state index in [9.17, 15) is 4.79 Å². The lowest BCUT2D eigenvalue weighted by Crippen LogP contribution is -2.17. The number of nitrogens with zero attached hydrogens (tertiary/aromatic N) is 2. The van der Waals surface area contributed by atoms with Gasteiger partial charge in [0.15, 0.2) is 0 Å². The van der Waals surface area contributed by atoms with Gasteiger partial charge in [-0.15, -0.1) is 0 Å². The van der Waals surface area contributed by atoms with Crippen LogP contribution in [0, 0.1) is 11.8 Å². The summed E-state index contributed by atoms with van der Waals surface area (Å²) < 4.78 is 1.85. The third-order valence-electron chi connectivity index (χ3n) is 3.83. The Bertz CT molecular complexity index is 370. The molecule has 0 aromatic carbocycles. The monoisotopic (exact) mass is 220 g/mol. The molecule has 1 aromatic rings. The summed E-state index contributed by atoms with van der Waals surface area (Å²) in [7, 11) is 1.93. The fourth-order valence-corrected chi connectivity index (χ4v) is 2.71. The van der Waals surface area contributed by atoms with Crippen LogP contribution in [0.3, 0.4) is 0 Å². The van der Waals surface area contributed by atoms with E-state index in [1.165, 1.54) is 12.8 Å². The third kappa shape index (κ3) is 2.34. The molecule has 0 radical (unpaired) electrons. The quantitative estimate of drug-likeness (QED) is 0.780. The maximum Gasteiger partial charge on any atom is 0.136 e. The predicted molar refractivity (Wildman–Crippen MR) is 63.0 cm³/mol. The lowest BCUT2D eigenvalue weighted by atomic mass is 9.91. The van der Waals surface area contributed by atoms with Gasteiger partial charge in [0.2, 0.25) is 0 Å². The predicted octanol–water partition coefficient (Wildman–Crippen LogP) is 2.36. The molecule has 0 saturated heterocycles. The van der Waals surface area contributed by atoms with Gasteiger partial charge in [-0.2, -0.15) is 5.10 Å². The molecular weight excluding hydrogens is 200 g/mol. The highest BCUT2D eigenvalue weighted by atomic mass is 16.1. The molecule has 0 amide bonds. The van der Waals surface area contributed by atoms with Gasteiger partial charge >= 0.3 is 0 Å². The third-order valence-corrected chi connectivity index (χ3v) is 3.83. The average molecular weight is 220 g/mol. The molecule has 2 rings (SSSR count). The molecule has 0 N–H and O–H groups in total. The van der Waals surface area contributed by atoms with Crippen LogP contribution in [0.4, 0.5) is 0 Å². The first kappa shape index (κ1) is 11.4. The summed E-state index contributed by atoms with van der Waals surface area (Å²) in [6.07, 6.45) is 6.85. The van der Waals surface area contributed by atoms with Crippen molar-refractivity contribution in [2.45, 2.75) is 39.0 Å². The van der Waals surface area contributed by atoms with Crippen LogP contribution in [0.5, 0.6) is 0 Å². The summed E-state index contributed by atoms with van der Waals surface area (Å²) in [5.41, 5.74) is 1.15. The number of rotatable bonds is 4. The maximum absolute atomic E-state index is 12.0. The van der Waals surface area contributed by atoms with E-state index >= 15 is 0 Å². The second kappa shape index (κ2) is 4.81. The number of hydrogen-bond donors (Lipinski definition) is 0. The van der Waals surface area contributed by atoms with Crippen molar-refractivity contribution in [2.24, 2.45) is 18.9 Å². The lowest BCUT2D eigenvalue weighted by molar-refractivity contribution is -0.123. The number of aromatic nitrogens is 2. The Morgan fingerprint density at radius 1 is 1.56 bits per heavy atom. The van der Waals surface area contributed by atoms with Crippen LogP contribution in [0.2, 0.25) is 0 Å². The van der Waals surface area contributed by atoms with Crippen molar-refractivity contribution in [2.75, 3.05) is 0 Å². The van der Waals surface area contributed by atoms with Gasteiger partial charge in [0.25, 0.3) is 0 Å². The van der Waals surface area contributed by atoms with Gasteiger partial charge in [-0.25, -0.2) is 0 Å². The van der Waals surface area contributed by atoms with Crippen LogP contribution >= 0.6 is 0 Å². The zero-order chi connectivity index (χ0) is 11.5. The van der Waals surface area contributed by atoms with Crippen molar-refractivity contribution in [3.63, 3.8) is 0 Å². The summed E-state index contributed by atoms with van der Waals surface area (Å²) >= 11 is 0. The molecule has 1 saturated carbocycles. The molecule has 2 unspecified atom stereocenters. The Hall–Kier alpha value is -1.12. The van der Waals surface area contributed by atoms with Gasteiger partial charge in [-0.3, -0.25) is 9.48 Å². The van der Waals surface area contributed by atoms with Crippen LogP contribution < -0.4 is 0 Å². The van der Waals surface area contributed by atoms with Crippen molar-refractivity contribution in [1.29, 1.82) is 0 Å². The minimum Gasteiger partial charge on any atom is -0.299 e. The summed E-state index contributed by atoms with van der Waals surface area (Å²) in [4.78, 5) is 12.0. The van der Waals surface area contributed by atoms with E-state index in [2.05, 4.69) is 12.0 Å². The van der Waals surface area contributed by atoms with Crippen molar-refractivity contribution in [3.05, 3.63) is 18.0 Å². The molecule has 88 valence electrons. The Balaban J connectivity index is 1.86. The SMILES string of the molecule is CC1CCCC1C(=O)CCc1ccnn1C. The highest BCUT2D eigenvalue weighted by Crippen LogP contribution is 2.32. The smallest absolute Gasteiger partial charge is 0.136 e. The number of hydrogen-bond acceptors (Lipinski definition) is 2. The van der Waals surface area contributed by atoms with E-state index < -0.39 is 0 Å². The first-order chi connectivity index (χ1) is 7.68. The number of carbonyl (C=O) groups excluding carboxylic acids is 1. The van der Waals surface area contributed by atoms with Gasteiger partial charge in [0.1, 0.15) is 5.78 Å². The molecule has 0 spiro atoms. The van der Waals surface area contributed by atoms with E-state index in [0.29, 0.717) is 24.0 Å². The van der Waals surface area contributed by atoms with E-state index in [0.717, 1.165) is 18.5 Å². The molecule has 1 aliphatic carbocycles. The molecule has 16 heavy (non-hydrogen) atoms. The lowest BCUT2D eigenvalue weighted by Gasteiger charge is -2.13. The topological polar surface area (TPSA) is 34.9 Å². The van der Waals surface area contributed by atoms with Gasteiger partial charge < -0.3 is 0 Å². The second-order valence-electron chi connectivity index (χ2n) is 4.93. The normalized spacial score (nSPS) is 24.9. The van der Waals surface area contributed by atoms with Crippen molar-refractivity contribution >= 4 is 5.78 Å². The molecule has 3 heteroatoms. The van der Waals surface area contributed by atoms with E-state index in [1.807, 2.05) is 17.8 Å². The Morgan fingerprint density at radius 3 is 2.94 bits per heavy atom. The first-order valence-electron chi connectivity index (χ1n) is 6.18. The standard InChI is InChI=1S/C13H20N2O/c1-10-4-3-5-12(10)13(16)7-6-11-8-9-14-15(11)2/h8-10,12H,3-7H2,1-2H3. The largest absolute Gasteiger partial charge is 0.299 e. The van der Waals surface area contributed by atoms with Crippen LogP contribution in [-0.2, 0) is 18.3 Å². The highest BCUT2D eigenvalue weighted by molar-refractivity contribution is 5.81. The van der Waals surface area contributed by atoms with Crippen LogP contribution in [0.1, 0.15) is 38.3 Å². The van der Waals surface area contributed by atoms with Crippen LogP contribution in [-0.4, -0.2) is 15.6 Å². The summed E-state index contributed by atoms with van der Waals surface area (Å²) in [6.45, 7) is 2.21. The van der Waals surface area contributed by atoms with Gasteiger partial charge in [-0.05, 0) is 31.2 Å². The Kier molecular flexibility index (Phi) is 3.42. The molecule has 3 nitrogen and oxygen atoms in total. The summed E-state index contributed by atoms with van der Waals surface area (Å²) in [5.74, 6) is 1.37. The number of Topliss-reactive ketones (excluding diaryl/α,β-unsaturated/α-hetero) is 1. The van der Waals surface area contributed by atoms with Gasteiger partial charge in [-0.1, -0.05) is 13.3 Å². The maximum atomic E-state index is 12.0. The van der Waals surface area contributed by atoms with Gasteiger partial charge in [0.05, 0.1) is 0 Å². The first-order valence-corrected chi connectivity index (χ1v) is 6.18. The molecular formula is C13H20N2O. The van der Waals surface area contributed by atoms with E-state index in [4.69, 9.17) is 0 Å². The molecule has 1 aliphatic rings. The van der Waals surface area contributed by atoms with Crippen LogP contribution in [0.25, 0.3) is 0 Å². The minimum atomic E-state index is 0.327. The Labute approximate surface area is 96.8 Å². The van der Waals surface area contributed by atoms with Crippen molar-refractivity contribution < 1.29 is 4.79 Å². The summed E-state index contributed by atoms with van der Waals surface area (Å²) in [6, 6.07) is 1.99. The molecule has 1 aromatic heterocycles. The zero-order valence-electron chi connectivity index (χ0n) is 10.1. The molecule has 1 heterocycles. The summed E-state index contributed by atoms with van der Waals surface area (Å²) in [5, 5.41) is 4.11. The molecule has 2 atom stereocenters. The molecule has 1 fully saturated rings. The van der Waals surface area contributed by atoms with E-state index in [1.54, 1.807) is 6.20 Å². The highest BCUT2D eigenvalue weighted by Gasteiger charge is 2.28. The van der Waals surface area contributed by atoms with Gasteiger partial charge in [0, 0.05) is 31.3 Å². The fourth-order valence-electron chi connectivity index (χ4n) is 2.71.